The first-order chi connectivity index (χ1) is 25.1. The third kappa shape index (κ3) is 11.7. The molecule has 0 saturated carbocycles. The molecule has 0 radical (unpaired) electrons. The second kappa shape index (κ2) is 21.0. The quantitative estimate of drug-likeness (QED) is 0.0781. The largest absolute Gasteiger partial charge is 0.309 e. The number of nitrogens with zero attached hydrogens (tertiary/aromatic N) is 4. The van der Waals surface area contributed by atoms with Crippen LogP contribution < -0.4 is 0 Å². The van der Waals surface area contributed by atoms with Crippen LogP contribution in [-0.2, 0) is 34.1 Å². The zero-order valence-electron chi connectivity index (χ0n) is 28.8. The summed E-state index contributed by atoms with van der Waals surface area (Å²) in [5.74, 6) is 0.232. The maximum Gasteiger partial charge on any atom is 0.108 e. The van der Waals surface area contributed by atoms with Gasteiger partial charge in [-0.3, -0.25) is 19.9 Å². The van der Waals surface area contributed by atoms with Crippen molar-refractivity contribution in [3.8, 4) is 45.3 Å². The summed E-state index contributed by atoms with van der Waals surface area (Å²) in [5.41, 5.74) is 9.36. The molecular weight excluding hydrogens is 740 g/mol. The van der Waals surface area contributed by atoms with E-state index in [1.54, 1.807) is 36.7 Å². The molecule has 0 spiro atoms. The molecule has 6 nitrogen and oxygen atoms in total. The average molecular weight is 776 g/mol. The summed E-state index contributed by atoms with van der Waals surface area (Å²) in [7, 11) is 0. The molecule has 0 amide bonds. The average Bonchev–Trinajstić information content (AvgIpc) is 4.05. The summed E-state index contributed by atoms with van der Waals surface area (Å²) in [6.07, 6.45) is 5.07. The normalized spacial score (nSPS) is 9.96. The van der Waals surface area contributed by atoms with E-state index in [4.69, 9.17) is 0 Å². The van der Waals surface area contributed by atoms with Crippen LogP contribution in [0.25, 0.3) is 45.3 Å². The minimum atomic E-state index is 0. The molecule has 0 N–H and O–H groups in total. The van der Waals surface area contributed by atoms with Crippen LogP contribution in [0.15, 0.2) is 182 Å². The van der Waals surface area contributed by atoms with Gasteiger partial charge in [0, 0.05) is 46.5 Å². The van der Waals surface area contributed by atoms with Gasteiger partial charge in [0.2, 0.25) is 0 Å². The maximum atomic E-state index is 11.7. The summed E-state index contributed by atoms with van der Waals surface area (Å²) in [6, 6.07) is 54.7. The van der Waals surface area contributed by atoms with Crippen molar-refractivity contribution in [2.45, 2.75) is 19.3 Å². The molecular formula is C45H36Fe2N4O2-4. The van der Waals surface area contributed by atoms with Crippen molar-refractivity contribution in [3.05, 3.63) is 193 Å². The van der Waals surface area contributed by atoms with Gasteiger partial charge >= 0.3 is 0 Å². The first kappa shape index (κ1) is 40.2. The van der Waals surface area contributed by atoms with Gasteiger partial charge in [0.25, 0.3) is 0 Å². The monoisotopic (exact) mass is 776 g/mol. The topological polar surface area (TPSA) is 85.7 Å². The number of pyridine rings is 4. The van der Waals surface area contributed by atoms with E-state index in [9.17, 15) is 9.59 Å². The Morgan fingerprint density at radius 3 is 1.13 bits per heavy atom. The van der Waals surface area contributed by atoms with Gasteiger partial charge < -0.3 is 9.59 Å². The molecule has 4 aromatic heterocycles. The van der Waals surface area contributed by atoms with Gasteiger partial charge in [0.05, 0.1) is 22.8 Å². The van der Waals surface area contributed by atoms with Crippen LogP contribution in [0.5, 0.6) is 0 Å². The van der Waals surface area contributed by atoms with Crippen molar-refractivity contribution < 1.29 is 43.7 Å². The van der Waals surface area contributed by atoms with Crippen LogP contribution in [0.2, 0.25) is 0 Å². The summed E-state index contributed by atoms with van der Waals surface area (Å²) < 4.78 is 0. The summed E-state index contributed by atoms with van der Waals surface area (Å²) in [4.78, 5) is 41.2. The molecule has 0 aliphatic rings. The van der Waals surface area contributed by atoms with Crippen LogP contribution in [0, 0.1) is 0 Å². The number of ketones is 2. The fourth-order valence-corrected chi connectivity index (χ4v) is 5.41. The van der Waals surface area contributed by atoms with E-state index in [1.807, 2.05) is 121 Å². The Morgan fingerprint density at radius 2 is 0.774 bits per heavy atom. The number of rotatable bonds is 10. The predicted molar refractivity (Wildman–Crippen MR) is 204 cm³/mol. The molecule has 8 heteroatoms. The Balaban J connectivity index is 0.000000174. The van der Waals surface area contributed by atoms with Crippen molar-refractivity contribution in [1.82, 2.24) is 19.9 Å². The number of hydrogen-bond acceptors (Lipinski definition) is 6. The smallest absolute Gasteiger partial charge is 0.108 e. The van der Waals surface area contributed by atoms with Crippen molar-refractivity contribution in [2.24, 2.45) is 0 Å². The van der Waals surface area contributed by atoms with Gasteiger partial charge in [0.15, 0.2) is 0 Å². The van der Waals surface area contributed by atoms with Gasteiger partial charge in [-0.25, -0.2) is 24.3 Å². The standard InChI is InChI=1S/2C15H11N2.C15H14O2.2Fe/c2*1-2-7-12(6-1)13-9-5-10-15(17-13)14-8-3-4-11-16-14;16-14(12-6-1-2-7-12)10-5-11-15(17)13-8-3-4-9-13;;/h2*1-11H;1-4,6-9H,5,10-11H2;;/q2*-1;-2;;. The van der Waals surface area contributed by atoms with Crippen LogP contribution in [0.4, 0.5) is 0 Å². The van der Waals surface area contributed by atoms with Crippen LogP contribution in [0.1, 0.15) is 40.0 Å². The molecule has 8 rings (SSSR count). The van der Waals surface area contributed by atoms with Gasteiger partial charge in [-0.2, -0.15) is 48.5 Å². The third-order valence-corrected chi connectivity index (χ3v) is 8.05. The van der Waals surface area contributed by atoms with Crippen LogP contribution in [0.3, 0.4) is 0 Å². The Morgan fingerprint density at radius 1 is 0.415 bits per heavy atom. The van der Waals surface area contributed by atoms with E-state index in [0.29, 0.717) is 19.3 Å². The van der Waals surface area contributed by atoms with Crippen molar-refractivity contribution in [1.29, 1.82) is 0 Å². The summed E-state index contributed by atoms with van der Waals surface area (Å²) >= 11 is 0. The van der Waals surface area contributed by atoms with E-state index < -0.39 is 0 Å². The van der Waals surface area contributed by atoms with Gasteiger partial charge in [0.1, 0.15) is 11.6 Å². The number of hydrogen-bond donors (Lipinski definition) is 0. The van der Waals surface area contributed by atoms with Crippen molar-refractivity contribution >= 4 is 11.6 Å². The molecule has 53 heavy (non-hydrogen) atoms. The zero-order valence-corrected chi connectivity index (χ0v) is 31.0. The Hall–Kier alpha value is -5.62. The van der Waals surface area contributed by atoms with Crippen molar-refractivity contribution in [2.75, 3.05) is 0 Å². The van der Waals surface area contributed by atoms with Crippen LogP contribution >= 0.6 is 0 Å². The second-order valence-corrected chi connectivity index (χ2v) is 11.6. The Kier molecular flexibility index (Phi) is 15.9. The molecule has 0 fully saturated rings. The minimum Gasteiger partial charge on any atom is -0.309 e. The van der Waals surface area contributed by atoms with E-state index >= 15 is 0 Å². The fourth-order valence-electron chi connectivity index (χ4n) is 5.41. The molecule has 0 atom stereocenters. The molecule has 4 heterocycles. The summed E-state index contributed by atoms with van der Waals surface area (Å²) in [6.45, 7) is 0. The van der Waals surface area contributed by atoms with E-state index in [2.05, 4.69) is 44.2 Å². The molecule has 0 aliphatic heterocycles. The predicted octanol–water partition coefficient (Wildman–Crippen LogP) is 10.4. The molecule has 0 bridgehead atoms. The van der Waals surface area contributed by atoms with Crippen LogP contribution in [-0.4, -0.2) is 31.5 Å². The molecule has 8 aromatic rings. The number of carbonyl (C=O) groups excluding carboxylic acids is 2. The van der Waals surface area contributed by atoms with Gasteiger partial charge in [-0.15, -0.1) is 36.4 Å². The van der Waals surface area contributed by atoms with Gasteiger partial charge in [-0.1, -0.05) is 46.5 Å². The Labute approximate surface area is 331 Å². The molecule has 4 aromatic carbocycles. The Bertz CT molecular complexity index is 2040. The maximum absolute atomic E-state index is 11.7. The third-order valence-electron chi connectivity index (χ3n) is 8.05. The van der Waals surface area contributed by atoms with Gasteiger partial charge in [-0.05, 0) is 67.0 Å². The molecule has 0 aliphatic carbocycles. The minimum absolute atomic E-state index is 0. The molecule has 0 saturated heterocycles. The number of aromatic nitrogens is 4. The van der Waals surface area contributed by atoms with E-state index in [-0.39, 0.29) is 45.7 Å². The van der Waals surface area contributed by atoms with E-state index in [1.165, 1.54) is 0 Å². The summed E-state index contributed by atoms with van der Waals surface area (Å²) in [5, 5.41) is 0. The molecule has 0 unspecified atom stereocenters. The van der Waals surface area contributed by atoms with E-state index in [0.717, 1.165) is 56.4 Å². The van der Waals surface area contributed by atoms with Crippen molar-refractivity contribution in [3.63, 3.8) is 0 Å². The SMILES string of the molecule is O=C(CCCC(=O)[c-]1cccc1)[c-]1cccc1.[Fe].[Fe].c1ccc(-c2cccc(-[c-]3cccc3)n2)nc1.c1ccc(-c2cccc(-[c-]3cccc3)n2)nc1. The first-order valence-electron chi connectivity index (χ1n) is 16.8. The zero-order chi connectivity index (χ0) is 35.1. The number of carbonyl (C=O) groups is 2. The molecule has 268 valence electrons. The first-order valence-corrected chi connectivity index (χ1v) is 16.8. The number of Topliss-reactive ketones (excluding diaryl/α,β-unsaturated/α-hetero) is 2. The second-order valence-electron chi connectivity index (χ2n) is 11.6. The fraction of sp³-hybridized carbons (Fsp3) is 0.0667.